The summed E-state index contributed by atoms with van der Waals surface area (Å²) in [5, 5.41) is 0.438. The predicted molar refractivity (Wildman–Crippen MR) is 98.4 cm³/mol. The third-order valence-electron chi connectivity index (χ3n) is 4.49. The number of thioether (sulfide) groups is 1. The molecule has 1 aliphatic rings. The van der Waals surface area contributed by atoms with Crippen molar-refractivity contribution in [3.63, 3.8) is 0 Å². The highest BCUT2D eigenvalue weighted by atomic mass is 32.2. The van der Waals surface area contributed by atoms with Crippen LogP contribution in [0.1, 0.15) is 11.1 Å². The van der Waals surface area contributed by atoms with Gasteiger partial charge in [0.1, 0.15) is 11.6 Å². The van der Waals surface area contributed by atoms with Gasteiger partial charge in [0, 0.05) is 13.0 Å². The van der Waals surface area contributed by atoms with E-state index in [-0.39, 0.29) is 11.7 Å². The molecule has 1 aromatic heterocycles. The lowest BCUT2D eigenvalue weighted by Crippen LogP contribution is -2.51. The number of rotatable bonds is 4. The quantitative estimate of drug-likeness (QED) is 0.715. The van der Waals surface area contributed by atoms with Crippen LogP contribution < -0.4 is 5.73 Å². The van der Waals surface area contributed by atoms with Gasteiger partial charge in [0.25, 0.3) is 5.22 Å². The zero-order valence-corrected chi connectivity index (χ0v) is 14.7. The molecular formula is C19H17N3O3S. The van der Waals surface area contributed by atoms with Crippen LogP contribution in [-0.2, 0) is 22.6 Å². The Morgan fingerprint density at radius 2 is 1.88 bits per heavy atom. The second-order valence-electron chi connectivity index (χ2n) is 6.15. The van der Waals surface area contributed by atoms with Gasteiger partial charge in [-0.3, -0.25) is 9.59 Å². The SMILES string of the molecule is NC(=O)C1Cc2ccccc2CN1C(=O)CSc1nc2ccccc2o1. The number of oxazole rings is 1. The summed E-state index contributed by atoms with van der Waals surface area (Å²) in [6.45, 7) is 0.386. The first-order valence-corrected chi connectivity index (χ1v) is 9.24. The number of hydrogen-bond acceptors (Lipinski definition) is 5. The van der Waals surface area contributed by atoms with Gasteiger partial charge < -0.3 is 15.1 Å². The van der Waals surface area contributed by atoms with Crippen molar-refractivity contribution >= 4 is 34.7 Å². The molecule has 0 aliphatic carbocycles. The molecule has 0 saturated carbocycles. The molecule has 0 radical (unpaired) electrons. The van der Waals surface area contributed by atoms with Crippen LogP contribution >= 0.6 is 11.8 Å². The Morgan fingerprint density at radius 3 is 2.65 bits per heavy atom. The van der Waals surface area contributed by atoms with Gasteiger partial charge in [-0.1, -0.05) is 48.2 Å². The lowest BCUT2D eigenvalue weighted by atomic mass is 9.93. The highest BCUT2D eigenvalue weighted by Gasteiger charge is 2.33. The van der Waals surface area contributed by atoms with E-state index in [9.17, 15) is 9.59 Å². The maximum absolute atomic E-state index is 12.7. The largest absolute Gasteiger partial charge is 0.431 e. The van der Waals surface area contributed by atoms with Crippen molar-refractivity contribution in [2.45, 2.75) is 24.2 Å². The van der Waals surface area contributed by atoms with Crippen molar-refractivity contribution in [3.05, 3.63) is 59.7 Å². The first-order chi connectivity index (χ1) is 12.6. The topological polar surface area (TPSA) is 89.4 Å². The Labute approximate surface area is 154 Å². The average molecular weight is 367 g/mol. The van der Waals surface area contributed by atoms with Gasteiger partial charge in [-0.05, 0) is 23.3 Å². The molecule has 7 heteroatoms. The fourth-order valence-electron chi connectivity index (χ4n) is 3.16. The second-order valence-corrected chi connectivity index (χ2v) is 7.08. The minimum Gasteiger partial charge on any atom is -0.431 e. The van der Waals surface area contributed by atoms with Gasteiger partial charge in [-0.15, -0.1) is 0 Å². The molecule has 1 aliphatic heterocycles. The minimum absolute atomic E-state index is 0.138. The number of aromatic nitrogens is 1. The molecule has 2 heterocycles. The maximum Gasteiger partial charge on any atom is 0.257 e. The van der Waals surface area contributed by atoms with Crippen molar-refractivity contribution in [1.29, 1.82) is 0 Å². The Morgan fingerprint density at radius 1 is 1.15 bits per heavy atom. The molecule has 2 aromatic carbocycles. The van der Waals surface area contributed by atoms with E-state index in [1.54, 1.807) is 4.90 Å². The molecule has 2 N–H and O–H groups in total. The summed E-state index contributed by atoms with van der Waals surface area (Å²) < 4.78 is 5.63. The van der Waals surface area contributed by atoms with Crippen LogP contribution in [0, 0.1) is 0 Å². The maximum atomic E-state index is 12.7. The van der Waals surface area contributed by atoms with Gasteiger partial charge in [-0.2, -0.15) is 0 Å². The van der Waals surface area contributed by atoms with Gasteiger partial charge in [-0.25, -0.2) is 4.98 Å². The zero-order valence-electron chi connectivity index (χ0n) is 13.9. The smallest absolute Gasteiger partial charge is 0.257 e. The van der Waals surface area contributed by atoms with E-state index in [0.717, 1.165) is 16.6 Å². The number of nitrogens with two attached hydrogens (primary N) is 1. The fraction of sp³-hybridized carbons (Fsp3) is 0.211. The van der Waals surface area contributed by atoms with Crippen LogP contribution in [0.3, 0.4) is 0 Å². The van der Waals surface area contributed by atoms with Gasteiger partial charge in [0.2, 0.25) is 11.8 Å². The van der Waals surface area contributed by atoms with Crippen molar-refractivity contribution in [3.8, 4) is 0 Å². The van der Waals surface area contributed by atoms with Crippen molar-refractivity contribution < 1.29 is 14.0 Å². The molecule has 3 aromatic rings. The standard InChI is InChI=1S/C19H17N3O3S/c20-18(24)15-9-12-5-1-2-6-13(12)10-22(15)17(23)11-26-19-21-14-7-3-4-8-16(14)25-19/h1-8,15H,9-11H2,(H2,20,24). The molecule has 4 rings (SSSR count). The monoisotopic (exact) mass is 367 g/mol. The van der Waals surface area contributed by atoms with E-state index in [2.05, 4.69) is 4.98 Å². The van der Waals surface area contributed by atoms with Crippen LogP contribution in [0.15, 0.2) is 58.2 Å². The molecule has 0 bridgehead atoms. The number of hydrogen-bond donors (Lipinski definition) is 1. The number of para-hydroxylation sites is 2. The molecule has 0 saturated heterocycles. The van der Waals surface area contributed by atoms with Crippen LogP contribution in [0.4, 0.5) is 0 Å². The summed E-state index contributed by atoms with van der Waals surface area (Å²) >= 11 is 1.22. The molecule has 1 atom stereocenters. The third-order valence-corrected chi connectivity index (χ3v) is 5.30. The van der Waals surface area contributed by atoms with E-state index in [1.807, 2.05) is 48.5 Å². The minimum atomic E-state index is -0.623. The number of nitrogens with zero attached hydrogens (tertiary/aromatic N) is 2. The number of benzene rings is 2. The summed E-state index contributed by atoms with van der Waals surface area (Å²) in [7, 11) is 0. The van der Waals surface area contributed by atoms with Crippen LogP contribution in [0.2, 0.25) is 0 Å². The van der Waals surface area contributed by atoms with Crippen molar-refractivity contribution in [2.24, 2.45) is 5.73 Å². The summed E-state index contributed by atoms with van der Waals surface area (Å²) in [5.41, 5.74) is 9.09. The lowest BCUT2D eigenvalue weighted by Gasteiger charge is -2.35. The summed E-state index contributed by atoms with van der Waals surface area (Å²) in [6, 6.07) is 14.6. The highest BCUT2D eigenvalue weighted by Crippen LogP contribution is 2.27. The van der Waals surface area contributed by atoms with Gasteiger partial charge >= 0.3 is 0 Å². The molecule has 6 nitrogen and oxygen atoms in total. The molecule has 26 heavy (non-hydrogen) atoms. The Balaban J connectivity index is 1.50. The number of carbonyl (C=O) groups excluding carboxylic acids is 2. The molecule has 1 unspecified atom stereocenters. The first-order valence-electron chi connectivity index (χ1n) is 8.26. The Kier molecular flexibility index (Phi) is 4.38. The number of fused-ring (bicyclic) bond motifs is 2. The molecule has 132 valence electrons. The molecule has 2 amide bonds. The van der Waals surface area contributed by atoms with E-state index in [0.29, 0.717) is 23.8 Å². The second kappa shape index (κ2) is 6.84. The van der Waals surface area contributed by atoms with Gasteiger partial charge in [0.05, 0.1) is 5.75 Å². The number of carbonyl (C=O) groups is 2. The normalized spacial score (nSPS) is 16.5. The molecular weight excluding hydrogens is 350 g/mol. The first kappa shape index (κ1) is 16.7. The summed E-state index contributed by atoms with van der Waals surface area (Å²) in [5.74, 6) is -0.506. The zero-order chi connectivity index (χ0) is 18.1. The van der Waals surface area contributed by atoms with Crippen LogP contribution in [0.25, 0.3) is 11.1 Å². The fourth-order valence-corrected chi connectivity index (χ4v) is 3.88. The third kappa shape index (κ3) is 3.17. The Hall–Kier alpha value is -2.80. The highest BCUT2D eigenvalue weighted by molar-refractivity contribution is 7.99. The van der Waals surface area contributed by atoms with E-state index in [1.165, 1.54) is 11.8 Å². The number of amides is 2. The van der Waals surface area contributed by atoms with Crippen molar-refractivity contribution in [1.82, 2.24) is 9.88 Å². The van der Waals surface area contributed by atoms with E-state index < -0.39 is 11.9 Å². The van der Waals surface area contributed by atoms with E-state index >= 15 is 0 Å². The predicted octanol–water partition coefficient (Wildman–Crippen LogP) is 2.36. The molecule has 0 spiro atoms. The number of primary amides is 1. The average Bonchev–Trinajstić information content (AvgIpc) is 3.08. The molecule has 0 fully saturated rings. The van der Waals surface area contributed by atoms with Crippen LogP contribution in [0.5, 0.6) is 0 Å². The van der Waals surface area contributed by atoms with Gasteiger partial charge in [0.15, 0.2) is 5.58 Å². The van der Waals surface area contributed by atoms with Crippen molar-refractivity contribution in [2.75, 3.05) is 5.75 Å². The van der Waals surface area contributed by atoms with E-state index in [4.69, 9.17) is 10.2 Å². The Bertz CT molecular complexity index is 952. The summed E-state index contributed by atoms with van der Waals surface area (Å²) in [6.07, 6.45) is 0.449. The lowest BCUT2D eigenvalue weighted by molar-refractivity contribution is -0.138. The summed E-state index contributed by atoms with van der Waals surface area (Å²) in [4.78, 5) is 30.5. The van der Waals surface area contributed by atoms with Crippen LogP contribution in [-0.4, -0.2) is 33.5 Å².